The van der Waals surface area contributed by atoms with Crippen molar-refractivity contribution in [1.82, 2.24) is 5.01 Å². The van der Waals surface area contributed by atoms with Gasteiger partial charge in [0.25, 0.3) is 0 Å². The minimum absolute atomic E-state index is 0.677. The Labute approximate surface area is 104 Å². The van der Waals surface area contributed by atoms with Crippen LogP contribution in [0.5, 0.6) is 11.5 Å². The third-order valence-electron chi connectivity index (χ3n) is 1.90. The van der Waals surface area contributed by atoms with Crippen LogP contribution < -0.4 is 9.47 Å². The summed E-state index contributed by atoms with van der Waals surface area (Å²) in [5.74, 6) is 1.35. The van der Waals surface area contributed by atoms with Gasteiger partial charge in [0, 0.05) is 24.1 Å². The topological polar surface area (TPSA) is 34.1 Å². The van der Waals surface area contributed by atoms with Crippen LogP contribution in [0.3, 0.4) is 0 Å². The standard InChI is InChI=1S/C11H15BrN2O2/c1-14(2)13-7-8-5-9(12)6-10(15-3)11(8)16-4/h5-7H,1-4H3/b13-7+. The Hall–Kier alpha value is -1.23. The number of benzene rings is 1. The van der Waals surface area contributed by atoms with Crippen molar-refractivity contribution in [3.8, 4) is 11.5 Å². The van der Waals surface area contributed by atoms with Gasteiger partial charge in [-0.15, -0.1) is 0 Å². The minimum atomic E-state index is 0.677. The molecule has 1 rings (SSSR count). The average molecular weight is 287 g/mol. The molecule has 0 amide bonds. The molecular formula is C11H15BrN2O2. The van der Waals surface area contributed by atoms with Crippen molar-refractivity contribution >= 4 is 22.1 Å². The Bertz CT molecular complexity index is 392. The van der Waals surface area contributed by atoms with Gasteiger partial charge >= 0.3 is 0 Å². The highest BCUT2D eigenvalue weighted by Gasteiger charge is 2.10. The number of ether oxygens (including phenoxy) is 2. The molecular weight excluding hydrogens is 272 g/mol. The molecule has 0 N–H and O–H groups in total. The molecule has 0 bridgehead atoms. The smallest absolute Gasteiger partial charge is 0.169 e. The van der Waals surface area contributed by atoms with Crippen molar-refractivity contribution in [2.45, 2.75) is 0 Å². The number of hydrogen-bond donors (Lipinski definition) is 0. The van der Waals surface area contributed by atoms with Crippen molar-refractivity contribution in [2.75, 3.05) is 28.3 Å². The average Bonchev–Trinajstić information content (AvgIpc) is 2.25. The first-order valence-electron chi connectivity index (χ1n) is 4.71. The van der Waals surface area contributed by atoms with Gasteiger partial charge in [0.1, 0.15) is 0 Å². The maximum absolute atomic E-state index is 5.30. The van der Waals surface area contributed by atoms with Crippen LogP contribution in [0, 0.1) is 0 Å². The summed E-state index contributed by atoms with van der Waals surface area (Å²) in [4.78, 5) is 0. The molecule has 0 aromatic heterocycles. The van der Waals surface area contributed by atoms with Gasteiger partial charge in [0.15, 0.2) is 11.5 Å². The molecule has 0 fully saturated rings. The molecule has 0 aliphatic heterocycles. The summed E-state index contributed by atoms with van der Waals surface area (Å²) in [6.07, 6.45) is 1.73. The third kappa shape index (κ3) is 3.13. The van der Waals surface area contributed by atoms with Crippen molar-refractivity contribution in [3.05, 3.63) is 22.2 Å². The first kappa shape index (κ1) is 12.8. The van der Waals surface area contributed by atoms with Gasteiger partial charge < -0.3 is 14.5 Å². The highest BCUT2D eigenvalue weighted by molar-refractivity contribution is 9.10. The predicted octanol–water partition coefficient (Wildman–Crippen LogP) is 2.36. The summed E-state index contributed by atoms with van der Waals surface area (Å²) in [6, 6.07) is 3.78. The second kappa shape index (κ2) is 5.75. The van der Waals surface area contributed by atoms with Crippen LogP contribution in [0.25, 0.3) is 0 Å². The van der Waals surface area contributed by atoms with E-state index in [1.54, 1.807) is 25.4 Å². The van der Waals surface area contributed by atoms with Crippen LogP contribution in [0.15, 0.2) is 21.7 Å². The van der Waals surface area contributed by atoms with Crippen molar-refractivity contribution < 1.29 is 9.47 Å². The monoisotopic (exact) mass is 286 g/mol. The normalized spacial score (nSPS) is 10.6. The molecule has 16 heavy (non-hydrogen) atoms. The van der Waals surface area contributed by atoms with Gasteiger partial charge in [-0.05, 0) is 12.1 Å². The molecule has 0 aliphatic carbocycles. The first-order chi connectivity index (χ1) is 7.58. The molecule has 0 heterocycles. The van der Waals surface area contributed by atoms with Gasteiger partial charge in [-0.1, -0.05) is 15.9 Å². The fourth-order valence-corrected chi connectivity index (χ4v) is 1.69. The Morgan fingerprint density at radius 1 is 1.25 bits per heavy atom. The summed E-state index contributed by atoms with van der Waals surface area (Å²) < 4.78 is 11.5. The lowest BCUT2D eigenvalue weighted by molar-refractivity contribution is 0.354. The summed E-state index contributed by atoms with van der Waals surface area (Å²) in [5, 5.41) is 5.89. The van der Waals surface area contributed by atoms with Crippen molar-refractivity contribution in [1.29, 1.82) is 0 Å². The van der Waals surface area contributed by atoms with Gasteiger partial charge in [0.05, 0.1) is 20.4 Å². The second-order valence-electron chi connectivity index (χ2n) is 3.32. The molecule has 0 spiro atoms. The van der Waals surface area contributed by atoms with Gasteiger partial charge in [-0.25, -0.2) is 0 Å². The molecule has 0 unspecified atom stereocenters. The number of methoxy groups -OCH3 is 2. The lowest BCUT2D eigenvalue weighted by Crippen LogP contribution is -2.03. The fourth-order valence-electron chi connectivity index (χ4n) is 1.23. The number of hydrogen-bond acceptors (Lipinski definition) is 4. The molecule has 0 radical (unpaired) electrons. The molecule has 0 saturated heterocycles. The lowest BCUT2D eigenvalue weighted by Gasteiger charge is -2.11. The fraction of sp³-hybridized carbons (Fsp3) is 0.364. The maximum Gasteiger partial charge on any atom is 0.169 e. The van der Waals surface area contributed by atoms with Crippen LogP contribution in [0.4, 0.5) is 0 Å². The molecule has 0 atom stereocenters. The molecule has 5 heteroatoms. The van der Waals surface area contributed by atoms with E-state index in [4.69, 9.17) is 9.47 Å². The van der Waals surface area contributed by atoms with E-state index < -0.39 is 0 Å². The summed E-state index contributed by atoms with van der Waals surface area (Å²) in [6.45, 7) is 0. The van der Waals surface area contributed by atoms with Crippen LogP contribution in [0.2, 0.25) is 0 Å². The lowest BCUT2D eigenvalue weighted by atomic mass is 10.2. The van der Waals surface area contributed by atoms with Crippen LogP contribution in [-0.4, -0.2) is 39.5 Å². The van der Waals surface area contributed by atoms with E-state index in [1.165, 1.54) is 0 Å². The second-order valence-corrected chi connectivity index (χ2v) is 4.24. The summed E-state index contributed by atoms with van der Waals surface area (Å²) in [7, 11) is 6.94. The Morgan fingerprint density at radius 3 is 2.44 bits per heavy atom. The van der Waals surface area contributed by atoms with E-state index in [-0.39, 0.29) is 0 Å². The van der Waals surface area contributed by atoms with E-state index in [0.717, 1.165) is 10.0 Å². The minimum Gasteiger partial charge on any atom is -0.493 e. The Morgan fingerprint density at radius 2 is 1.94 bits per heavy atom. The van der Waals surface area contributed by atoms with Crippen LogP contribution >= 0.6 is 15.9 Å². The van der Waals surface area contributed by atoms with Gasteiger partial charge in [0.2, 0.25) is 0 Å². The first-order valence-corrected chi connectivity index (χ1v) is 5.50. The molecule has 4 nitrogen and oxygen atoms in total. The number of halogens is 1. The van der Waals surface area contributed by atoms with Gasteiger partial charge in [-0.2, -0.15) is 5.10 Å². The third-order valence-corrected chi connectivity index (χ3v) is 2.36. The Kier molecular flexibility index (Phi) is 4.61. The van der Waals surface area contributed by atoms with E-state index >= 15 is 0 Å². The van der Waals surface area contributed by atoms with Gasteiger partial charge in [-0.3, -0.25) is 0 Å². The summed E-state index contributed by atoms with van der Waals surface area (Å²) >= 11 is 3.41. The maximum atomic E-state index is 5.30. The zero-order chi connectivity index (χ0) is 12.1. The zero-order valence-electron chi connectivity index (χ0n) is 9.82. The highest BCUT2D eigenvalue weighted by Crippen LogP contribution is 2.33. The van der Waals surface area contributed by atoms with Crippen molar-refractivity contribution in [2.24, 2.45) is 5.10 Å². The van der Waals surface area contributed by atoms with E-state index in [1.807, 2.05) is 26.2 Å². The number of rotatable bonds is 4. The quantitative estimate of drug-likeness (QED) is 0.630. The largest absolute Gasteiger partial charge is 0.493 e. The molecule has 0 aliphatic rings. The SMILES string of the molecule is COc1cc(Br)cc(/C=N/N(C)C)c1OC. The zero-order valence-corrected chi connectivity index (χ0v) is 11.4. The summed E-state index contributed by atoms with van der Waals surface area (Å²) in [5.41, 5.74) is 0.863. The predicted molar refractivity (Wildman–Crippen MR) is 68.5 cm³/mol. The molecule has 1 aromatic rings. The van der Waals surface area contributed by atoms with Crippen LogP contribution in [0.1, 0.15) is 5.56 Å². The van der Waals surface area contributed by atoms with E-state index in [2.05, 4.69) is 21.0 Å². The van der Waals surface area contributed by atoms with Crippen LogP contribution in [-0.2, 0) is 0 Å². The van der Waals surface area contributed by atoms with E-state index in [0.29, 0.717) is 11.5 Å². The van der Waals surface area contributed by atoms with Crippen molar-refractivity contribution in [3.63, 3.8) is 0 Å². The molecule has 88 valence electrons. The molecule has 1 aromatic carbocycles. The molecule has 0 saturated carbocycles. The number of nitrogens with zero attached hydrogens (tertiary/aromatic N) is 2. The highest BCUT2D eigenvalue weighted by atomic mass is 79.9. The Balaban J connectivity index is 3.20. The number of hydrazone groups is 1. The van der Waals surface area contributed by atoms with E-state index in [9.17, 15) is 0 Å².